The quantitative estimate of drug-likeness (QED) is 0.853. The molecule has 0 aliphatic carbocycles. The van der Waals surface area contributed by atoms with Crippen LogP contribution >= 0.6 is 22.9 Å². The third kappa shape index (κ3) is 4.26. The molecule has 0 atom stereocenters. The Morgan fingerprint density at radius 1 is 1.52 bits per heavy atom. The highest BCUT2D eigenvalue weighted by atomic mass is 35.5. The topological polar surface area (TPSA) is 62.2 Å². The smallest absolute Gasteiger partial charge is 0.230 e. The zero-order valence-corrected chi connectivity index (χ0v) is 12.3. The van der Waals surface area contributed by atoms with Crippen molar-refractivity contribution >= 4 is 34.0 Å². The Labute approximate surface area is 129 Å². The van der Waals surface area contributed by atoms with Crippen molar-refractivity contribution in [2.24, 2.45) is 0 Å². The van der Waals surface area contributed by atoms with Crippen LogP contribution in [0.5, 0.6) is 0 Å². The monoisotopic (exact) mass is 324 g/mol. The van der Waals surface area contributed by atoms with Gasteiger partial charge in [-0.05, 0) is 12.1 Å². The number of hydrogen-bond acceptors (Lipinski definition) is 4. The van der Waals surface area contributed by atoms with Gasteiger partial charge in [0.15, 0.2) is 5.13 Å². The van der Waals surface area contributed by atoms with Crippen molar-refractivity contribution in [3.63, 3.8) is 0 Å². The van der Waals surface area contributed by atoms with Crippen molar-refractivity contribution in [3.05, 3.63) is 45.7 Å². The van der Waals surface area contributed by atoms with Gasteiger partial charge in [-0.25, -0.2) is 9.37 Å². The average Bonchev–Trinajstić information content (AvgIpc) is 2.88. The molecule has 0 aliphatic heterocycles. The Kier molecular flexibility index (Phi) is 5.28. The van der Waals surface area contributed by atoms with Gasteiger partial charge >= 0.3 is 0 Å². The first-order valence-electron chi connectivity index (χ1n) is 5.88. The lowest BCUT2D eigenvalue weighted by Gasteiger charge is -2.05. The van der Waals surface area contributed by atoms with Gasteiger partial charge in [0.25, 0.3) is 0 Å². The summed E-state index contributed by atoms with van der Waals surface area (Å²) in [4.78, 5) is 16.4. The number of carbonyl (C=O) groups excluding carboxylic acids is 1. The van der Waals surface area contributed by atoms with E-state index in [2.05, 4.69) is 22.1 Å². The fourth-order valence-electron chi connectivity index (χ4n) is 1.54. The zero-order chi connectivity index (χ0) is 15.2. The Hall–Kier alpha value is -1.94. The van der Waals surface area contributed by atoms with Gasteiger partial charge in [0.2, 0.25) is 5.91 Å². The van der Waals surface area contributed by atoms with Gasteiger partial charge in [-0.3, -0.25) is 4.79 Å². The summed E-state index contributed by atoms with van der Waals surface area (Å²) in [6.07, 6.45) is 1.31. The van der Waals surface area contributed by atoms with Crippen LogP contribution in [0.1, 0.15) is 10.4 Å². The number of amides is 1. The largest absolute Gasteiger partial charge is 0.384 e. The number of hydrogen-bond donors (Lipinski definition) is 2. The normalized spacial score (nSPS) is 9.86. The molecule has 4 nitrogen and oxygen atoms in total. The minimum absolute atomic E-state index is 0.147. The predicted octanol–water partition coefficient (Wildman–Crippen LogP) is 2.46. The third-order valence-electron chi connectivity index (χ3n) is 2.44. The molecule has 1 heterocycles. The van der Waals surface area contributed by atoms with Crippen LogP contribution in [0.25, 0.3) is 0 Å². The standard InChI is InChI=1S/C14H10ClFN2O2S/c15-11-4-1-5-12(16)10(11)7-13(20)18-14-17-8-9(21-14)3-2-6-19/h1,4-5,8,19H,6-7H2,(H,17,18,20). The number of rotatable bonds is 3. The number of thiazole rings is 1. The van der Waals surface area contributed by atoms with E-state index in [4.69, 9.17) is 16.7 Å². The van der Waals surface area contributed by atoms with Crippen LogP contribution < -0.4 is 5.32 Å². The molecule has 0 unspecified atom stereocenters. The summed E-state index contributed by atoms with van der Waals surface area (Å²) in [7, 11) is 0. The molecule has 21 heavy (non-hydrogen) atoms. The first kappa shape index (κ1) is 15.4. The first-order chi connectivity index (χ1) is 10.1. The minimum atomic E-state index is -0.522. The summed E-state index contributed by atoms with van der Waals surface area (Å²) in [6, 6.07) is 4.26. The number of halogens is 2. The van der Waals surface area contributed by atoms with Gasteiger partial charge < -0.3 is 10.4 Å². The minimum Gasteiger partial charge on any atom is -0.384 e. The van der Waals surface area contributed by atoms with E-state index in [1.165, 1.54) is 35.7 Å². The van der Waals surface area contributed by atoms with E-state index >= 15 is 0 Å². The fraction of sp³-hybridized carbons (Fsp3) is 0.143. The lowest BCUT2D eigenvalue weighted by Crippen LogP contribution is -2.15. The lowest BCUT2D eigenvalue weighted by atomic mass is 10.1. The van der Waals surface area contributed by atoms with E-state index in [0.29, 0.717) is 10.0 Å². The maximum Gasteiger partial charge on any atom is 0.230 e. The van der Waals surface area contributed by atoms with E-state index in [0.717, 1.165) is 0 Å². The Morgan fingerprint density at radius 2 is 2.33 bits per heavy atom. The van der Waals surface area contributed by atoms with Crippen molar-refractivity contribution in [1.82, 2.24) is 4.98 Å². The highest BCUT2D eigenvalue weighted by Gasteiger charge is 2.13. The number of aliphatic hydroxyl groups is 1. The van der Waals surface area contributed by atoms with Crippen LogP contribution in [0.4, 0.5) is 9.52 Å². The molecule has 108 valence electrons. The Balaban J connectivity index is 2.03. The molecule has 2 N–H and O–H groups in total. The molecule has 0 fully saturated rings. The first-order valence-corrected chi connectivity index (χ1v) is 7.08. The van der Waals surface area contributed by atoms with Gasteiger partial charge in [-0.15, -0.1) is 0 Å². The zero-order valence-electron chi connectivity index (χ0n) is 10.7. The molecule has 1 aromatic heterocycles. The van der Waals surface area contributed by atoms with Gasteiger partial charge in [-0.1, -0.05) is 40.8 Å². The van der Waals surface area contributed by atoms with Crippen LogP contribution in [0, 0.1) is 17.7 Å². The second kappa shape index (κ2) is 7.18. The van der Waals surface area contributed by atoms with E-state index in [1.807, 2.05) is 0 Å². The average molecular weight is 325 g/mol. The molecule has 0 bridgehead atoms. The van der Waals surface area contributed by atoms with Crippen LogP contribution in [0.3, 0.4) is 0 Å². The molecule has 0 spiro atoms. The van der Waals surface area contributed by atoms with Crippen molar-refractivity contribution in [1.29, 1.82) is 0 Å². The van der Waals surface area contributed by atoms with Crippen molar-refractivity contribution in [2.75, 3.05) is 11.9 Å². The van der Waals surface area contributed by atoms with E-state index in [-0.39, 0.29) is 23.6 Å². The molecule has 1 aromatic carbocycles. The maximum atomic E-state index is 13.6. The second-order valence-electron chi connectivity index (χ2n) is 3.91. The maximum absolute atomic E-state index is 13.6. The summed E-state index contributed by atoms with van der Waals surface area (Å²) >= 11 is 7.03. The second-order valence-corrected chi connectivity index (χ2v) is 5.35. The molecule has 0 saturated heterocycles. The summed E-state index contributed by atoms with van der Waals surface area (Å²) in [5.74, 6) is 4.22. The van der Waals surface area contributed by atoms with Crippen LogP contribution in [0.15, 0.2) is 24.4 Å². The number of nitrogens with one attached hydrogen (secondary N) is 1. The van der Waals surface area contributed by atoms with Crippen LogP contribution in [-0.4, -0.2) is 22.6 Å². The van der Waals surface area contributed by atoms with E-state index in [9.17, 15) is 9.18 Å². The molecule has 0 aliphatic rings. The van der Waals surface area contributed by atoms with Gasteiger partial charge in [0, 0.05) is 10.6 Å². The van der Waals surface area contributed by atoms with Crippen LogP contribution in [-0.2, 0) is 11.2 Å². The van der Waals surface area contributed by atoms with Crippen molar-refractivity contribution in [3.8, 4) is 11.8 Å². The number of aromatic nitrogens is 1. The van der Waals surface area contributed by atoms with Crippen molar-refractivity contribution < 1.29 is 14.3 Å². The molecular formula is C14H10ClFN2O2S. The Bertz CT molecular complexity index is 701. The Morgan fingerprint density at radius 3 is 3.05 bits per heavy atom. The summed E-state index contributed by atoms with van der Waals surface area (Å²) in [5.41, 5.74) is 0.147. The molecule has 2 aromatic rings. The third-order valence-corrected chi connectivity index (χ3v) is 3.62. The van der Waals surface area contributed by atoms with E-state index in [1.54, 1.807) is 0 Å². The van der Waals surface area contributed by atoms with Crippen LogP contribution in [0.2, 0.25) is 5.02 Å². The van der Waals surface area contributed by atoms with Crippen molar-refractivity contribution in [2.45, 2.75) is 6.42 Å². The highest BCUT2D eigenvalue weighted by Crippen LogP contribution is 2.21. The number of benzene rings is 1. The lowest BCUT2D eigenvalue weighted by molar-refractivity contribution is -0.115. The fourth-order valence-corrected chi connectivity index (χ4v) is 2.48. The SMILES string of the molecule is O=C(Cc1c(F)cccc1Cl)Nc1ncc(C#CCO)s1. The van der Waals surface area contributed by atoms with Gasteiger partial charge in [0.1, 0.15) is 12.4 Å². The van der Waals surface area contributed by atoms with Gasteiger partial charge in [-0.2, -0.15) is 0 Å². The highest BCUT2D eigenvalue weighted by molar-refractivity contribution is 7.16. The predicted molar refractivity (Wildman–Crippen MR) is 79.8 cm³/mol. The summed E-state index contributed by atoms with van der Waals surface area (Å²) < 4.78 is 13.6. The molecule has 2 rings (SSSR count). The number of carbonyl (C=O) groups is 1. The number of aliphatic hydroxyl groups excluding tert-OH is 1. The molecule has 0 saturated carbocycles. The number of nitrogens with zero attached hydrogens (tertiary/aromatic N) is 1. The number of anilines is 1. The van der Waals surface area contributed by atoms with E-state index < -0.39 is 11.7 Å². The molecular weight excluding hydrogens is 315 g/mol. The molecule has 7 heteroatoms. The van der Waals surface area contributed by atoms with Gasteiger partial charge in [0.05, 0.1) is 17.5 Å². The summed E-state index contributed by atoms with van der Waals surface area (Å²) in [6.45, 7) is -0.245. The molecule has 0 radical (unpaired) electrons. The summed E-state index contributed by atoms with van der Waals surface area (Å²) in [5, 5.41) is 11.7. The molecule has 1 amide bonds.